The number of hydrogen-bond donors (Lipinski definition) is 1. The Labute approximate surface area is 188 Å². The Balaban J connectivity index is 1.97. The Bertz CT molecular complexity index is 1120. The maximum atomic E-state index is 13.1. The zero-order valence-electron chi connectivity index (χ0n) is 19.6. The molecule has 170 valence electrons. The third-order valence-corrected chi connectivity index (χ3v) is 5.12. The summed E-state index contributed by atoms with van der Waals surface area (Å²) in [6, 6.07) is 11.2. The van der Waals surface area contributed by atoms with Crippen LogP contribution in [0.2, 0.25) is 0 Å². The van der Waals surface area contributed by atoms with E-state index in [2.05, 4.69) is 36.4 Å². The second kappa shape index (κ2) is 9.30. The van der Waals surface area contributed by atoms with E-state index in [0.29, 0.717) is 40.9 Å². The molecule has 0 saturated heterocycles. The minimum atomic E-state index is -0.373. The van der Waals surface area contributed by atoms with Gasteiger partial charge in [0, 0.05) is 6.07 Å². The van der Waals surface area contributed by atoms with E-state index in [9.17, 15) is 4.79 Å². The zero-order chi connectivity index (χ0) is 23.5. The van der Waals surface area contributed by atoms with Crippen molar-refractivity contribution in [1.82, 2.24) is 15.0 Å². The molecule has 3 aromatic rings. The first kappa shape index (κ1) is 23.1. The molecule has 0 saturated carbocycles. The summed E-state index contributed by atoms with van der Waals surface area (Å²) in [5.74, 6) is 1.46. The number of ether oxygens (including phenoxy) is 3. The van der Waals surface area contributed by atoms with E-state index in [1.807, 2.05) is 25.1 Å². The lowest BCUT2D eigenvalue weighted by Gasteiger charge is -2.21. The van der Waals surface area contributed by atoms with Crippen LogP contribution in [-0.2, 0) is 5.41 Å². The van der Waals surface area contributed by atoms with Crippen molar-refractivity contribution >= 4 is 11.6 Å². The van der Waals surface area contributed by atoms with Crippen molar-refractivity contribution in [2.24, 2.45) is 0 Å². The number of carbonyl (C=O) groups is 1. The normalized spacial score (nSPS) is 11.2. The quantitative estimate of drug-likeness (QED) is 0.583. The molecule has 8 heteroatoms. The van der Waals surface area contributed by atoms with Crippen molar-refractivity contribution < 1.29 is 19.0 Å². The highest BCUT2D eigenvalue weighted by Gasteiger charge is 2.22. The largest absolute Gasteiger partial charge is 0.497 e. The molecule has 1 amide bonds. The zero-order valence-corrected chi connectivity index (χ0v) is 19.6. The first-order valence-corrected chi connectivity index (χ1v) is 10.4. The maximum absolute atomic E-state index is 13.1. The number of nitrogens with one attached hydrogen (secondary N) is 1. The van der Waals surface area contributed by atoms with Gasteiger partial charge in [0.25, 0.3) is 5.91 Å². The molecule has 2 aromatic carbocycles. The van der Waals surface area contributed by atoms with Crippen LogP contribution < -0.4 is 19.5 Å². The van der Waals surface area contributed by atoms with Crippen LogP contribution in [0.5, 0.6) is 17.2 Å². The highest BCUT2D eigenvalue weighted by atomic mass is 16.5. The summed E-state index contributed by atoms with van der Waals surface area (Å²) in [6.07, 6.45) is 0. The number of aromatic nitrogens is 3. The van der Waals surface area contributed by atoms with Crippen molar-refractivity contribution in [2.75, 3.05) is 26.1 Å². The van der Waals surface area contributed by atoms with Crippen molar-refractivity contribution in [2.45, 2.75) is 40.0 Å². The highest BCUT2D eigenvalue weighted by Crippen LogP contribution is 2.32. The van der Waals surface area contributed by atoms with Crippen LogP contribution in [-0.4, -0.2) is 41.7 Å². The lowest BCUT2D eigenvalue weighted by atomic mass is 9.87. The molecule has 0 unspecified atom stereocenters. The van der Waals surface area contributed by atoms with Crippen LogP contribution in [0.4, 0.5) is 5.69 Å². The van der Waals surface area contributed by atoms with Crippen LogP contribution in [0.15, 0.2) is 36.4 Å². The molecule has 0 radical (unpaired) electrons. The molecular formula is C24H30N4O4. The highest BCUT2D eigenvalue weighted by molar-refractivity contribution is 6.04. The van der Waals surface area contributed by atoms with E-state index in [1.165, 1.54) is 0 Å². The summed E-state index contributed by atoms with van der Waals surface area (Å²) < 4.78 is 18.0. The number of amides is 1. The van der Waals surface area contributed by atoms with Gasteiger partial charge in [0.2, 0.25) is 0 Å². The molecule has 8 nitrogen and oxygen atoms in total. The van der Waals surface area contributed by atoms with E-state index in [0.717, 1.165) is 5.56 Å². The Kier molecular flexibility index (Phi) is 6.72. The van der Waals surface area contributed by atoms with Crippen molar-refractivity contribution in [3.05, 3.63) is 53.3 Å². The second-order valence-electron chi connectivity index (χ2n) is 8.32. The number of anilines is 1. The van der Waals surface area contributed by atoms with Gasteiger partial charge in [0.1, 0.15) is 22.9 Å². The summed E-state index contributed by atoms with van der Waals surface area (Å²) >= 11 is 0. The maximum Gasteiger partial charge on any atom is 0.278 e. The first-order chi connectivity index (χ1) is 15.2. The minimum Gasteiger partial charge on any atom is -0.497 e. The van der Waals surface area contributed by atoms with Crippen molar-refractivity contribution in [3.8, 4) is 22.9 Å². The molecule has 1 N–H and O–H groups in total. The van der Waals surface area contributed by atoms with E-state index in [1.54, 1.807) is 44.0 Å². The third-order valence-electron chi connectivity index (χ3n) is 5.12. The van der Waals surface area contributed by atoms with Gasteiger partial charge in [-0.2, -0.15) is 0 Å². The van der Waals surface area contributed by atoms with Gasteiger partial charge in [-0.3, -0.25) is 4.79 Å². The average molecular weight is 439 g/mol. The van der Waals surface area contributed by atoms with E-state index in [-0.39, 0.29) is 17.0 Å². The number of rotatable bonds is 7. The van der Waals surface area contributed by atoms with Gasteiger partial charge in [-0.25, -0.2) is 4.68 Å². The molecular weight excluding hydrogens is 408 g/mol. The fourth-order valence-electron chi connectivity index (χ4n) is 3.29. The average Bonchev–Trinajstić information content (AvgIpc) is 3.15. The first-order valence-electron chi connectivity index (χ1n) is 10.4. The van der Waals surface area contributed by atoms with Gasteiger partial charge < -0.3 is 19.5 Å². The number of hydrogen-bond acceptors (Lipinski definition) is 6. The van der Waals surface area contributed by atoms with Gasteiger partial charge in [-0.05, 0) is 49.1 Å². The summed E-state index contributed by atoms with van der Waals surface area (Å²) in [4.78, 5) is 13.1. The molecule has 0 aliphatic heterocycles. The van der Waals surface area contributed by atoms with E-state index in [4.69, 9.17) is 14.2 Å². The van der Waals surface area contributed by atoms with Crippen LogP contribution in [0, 0.1) is 6.92 Å². The standard InChI is InChI=1S/C24H30N4O4/c1-8-32-20-11-9-16(24(3,4)5)13-18(20)25-23(29)22-15(2)28(27-26-22)19-14-17(30-6)10-12-21(19)31-7/h9-14H,8H2,1-7H3,(H,25,29). The van der Waals surface area contributed by atoms with Crippen LogP contribution in [0.25, 0.3) is 5.69 Å². The predicted octanol–water partition coefficient (Wildman–Crippen LogP) is 4.54. The third kappa shape index (κ3) is 4.69. The second-order valence-corrected chi connectivity index (χ2v) is 8.32. The molecule has 0 atom stereocenters. The van der Waals surface area contributed by atoms with Gasteiger partial charge in [0.05, 0.1) is 32.2 Å². The molecule has 0 aliphatic carbocycles. The summed E-state index contributed by atoms with van der Waals surface area (Å²) in [7, 11) is 3.16. The summed E-state index contributed by atoms with van der Waals surface area (Å²) in [5.41, 5.74) is 3.00. The van der Waals surface area contributed by atoms with E-state index < -0.39 is 0 Å². The van der Waals surface area contributed by atoms with Crippen LogP contribution in [0.1, 0.15) is 49.4 Å². The fraction of sp³-hybridized carbons (Fsp3) is 0.375. The molecule has 32 heavy (non-hydrogen) atoms. The predicted molar refractivity (Wildman–Crippen MR) is 123 cm³/mol. The van der Waals surface area contributed by atoms with Crippen molar-refractivity contribution in [1.29, 1.82) is 0 Å². The SMILES string of the molecule is CCOc1ccc(C(C)(C)C)cc1NC(=O)c1nnn(-c2cc(OC)ccc2OC)c1C. The Morgan fingerprint density at radius 1 is 1.06 bits per heavy atom. The molecule has 1 aromatic heterocycles. The Morgan fingerprint density at radius 3 is 2.41 bits per heavy atom. The van der Waals surface area contributed by atoms with Crippen LogP contribution in [0.3, 0.4) is 0 Å². The molecule has 0 bridgehead atoms. The molecule has 0 fully saturated rings. The number of nitrogens with zero attached hydrogens (tertiary/aromatic N) is 3. The number of methoxy groups -OCH3 is 2. The van der Waals surface area contributed by atoms with Crippen LogP contribution >= 0.6 is 0 Å². The van der Waals surface area contributed by atoms with Gasteiger partial charge in [-0.15, -0.1) is 5.10 Å². The minimum absolute atomic E-state index is 0.0772. The summed E-state index contributed by atoms with van der Waals surface area (Å²) in [5, 5.41) is 11.3. The lowest BCUT2D eigenvalue weighted by Crippen LogP contribution is -2.17. The van der Waals surface area contributed by atoms with Gasteiger partial charge >= 0.3 is 0 Å². The molecule has 0 aliphatic rings. The topological polar surface area (TPSA) is 87.5 Å². The molecule has 0 spiro atoms. The monoisotopic (exact) mass is 438 g/mol. The van der Waals surface area contributed by atoms with E-state index >= 15 is 0 Å². The lowest BCUT2D eigenvalue weighted by molar-refractivity contribution is 0.102. The molecule has 1 heterocycles. The molecule has 3 rings (SSSR count). The summed E-state index contributed by atoms with van der Waals surface area (Å²) in [6.45, 7) is 10.5. The van der Waals surface area contributed by atoms with Gasteiger partial charge in [-0.1, -0.05) is 32.1 Å². The Hall–Kier alpha value is -3.55. The number of benzene rings is 2. The fourth-order valence-corrected chi connectivity index (χ4v) is 3.29. The van der Waals surface area contributed by atoms with Gasteiger partial charge in [0.15, 0.2) is 5.69 Å². The van der Waals surface area contributed by atoms with Crippen molar-refractivity contribution in [3.63, 3.8) is 0 Å². The Morgan fingerprint density at radius 2 is 1.78 bits per heavy atom. The smallest absolute Gasteiger partial charge is 0.278 e. The number of carbonyl (C=O) groups excluding carboxylic acids is 1.